The molecule has 1 aliphatic carbocycles. The van der Waals surface area contributed by atoms with Crippen LogP contribution >= 0.6 is 0 Å². The lowest BCUT2D eigenvalue weighted by Gasteiger charge is -2.33. The van der Waals surface area contributed by atoms with E-state index in [4.69, 9.17) is 5.73 Å². The van der Waals surface area contributed by atoms with Crippen LogP contribution in [0.5, 0.6) is 0 Å². The molecule has 1 saturated carbocycles. The Bertz CT molecular complexity index is 705. The number of nitrogens with zero attached hydrogens (tertiary/aromatic N) is 2. The first-order valence-corrected chi connectivity index (χ1v) is 6.95. The van der Waals surface area contributed by atoms with E-state index in [1.807, 2.05) is 0 Å². The predicted molar refractivity (Wildman–Crippen MR) is 76.7 cm³/mol. The molecule has 1 aromatic carbocycles. The molecule has 22 heavy (non-hydrogen) atoms. The largest absolute Gasteiger partial charge is 0.369 e. The minimum absolute atomic E-state index is 0.0408. The fraction of sp³-hybridized carbons (Fsp3) is 0.267. The molecule has 1 aromatic heterocycles. The van der Waals surface area contributed by atoms with E-state index >= 15 is 0 Å². The van der Waals surface area contributed by atoms with E-state index in [0.29, 0.717) is 18.5 Å². The lowest BCUT2D eigenvalue weighted by atomic mass is 9.80. The number of rotatable bonds is 4. The second-order valence-corrected chi connectivity index (χ2v) is 5.36. The van der Waals surface area contributed by atoms with Crippen LogP contribution in [0.4, 0.5) is 4.39 Å². The second-order valence-electron chi connectivity index (χ2n) is 5.36. The number of nitrogens with one attached hydrogen (secondary N) is 1. The molecule has 3 rings (SSSR count). The van der Waals surface area contributed by atoms with Crippen LogP contribution in [-0.2, 0) is 4.79 Å². The van der Waals surface area contributed by atoms with Gasteiger partial charge in [0, 0.05) is 18.2 Å². The maximum Gasteiger partial charge on any atom is 0.272 e. The zero-order valence-corrected chi connectivity index (χ0v) is 11.7. The number of carbonyl (C=O) groups excluding carboxylic acids is 2. The van der Waals surface area contributed by atoms with Gasteiger partial charge in [0.15, 0.2) is 5.69 Å². The molecule has 0 bridgehead atoms. The average Bonchev–Trinajstić information content (AvgIpc) is 2.92. The molecule has 1 heterocycles. The summed E-state index contributed by atoms with van der Waals surface area (Å²) in [6.45, 7) is 0. The normalized spacial score (nSPS) is 20.2. The predicted octanol–water partition coefficient (Wildman–Crippen LogP) is 1.01. The quantitative estimate of drug-likeness (QED) is 0.883. The first kappa shape index (κ1) is 14.2. The van der Waals surface area contributed by atoms with Crippen LogP contribution in [0.2, 0.25) is 0 Å². The minimum Gasteiger partial charge on any atom is -0.369 e. The van der Waals surface area contributed by atoms with E-state index in [1.165, 1.54) is 16.8 Å². The SMILES string of the molecule is NC(=O)C1CC(NC(=O)c2ccn(-c3ccc(F)cc3)n2)C1. The lowest BCUT2D eigenvalue weighted by molar-refractivity contribution is -0.124. The third kappa shape index (κ3) is 2.83. The fourth-order valence-electron chi connectivity index (χ4n) is 2.41. The van der Waals surface area contributed by atoms with Crippen LogP contribution < -0.4 is 11.1 Å². The summed E-state index contributed by atoms with van der Waals surface area (Å²) in [5.41, 5.74) is 6.12. The molecule has 0 spiro atoms. The fourth-order valence-corrected chi connectivity index (χ4v) is 2.41. The van der Waals surface area contributed by atoms with Crippen molar-refractivity contribution >= 4 is 11.8 Å². The van der Waals surface area contributed by atoms with Crippen molar-refractivity contribution in [1.82, 2.24) is 15.1 Å². The summed E-state index contributed by atoms with van der Waals surface area (Å²) in [4.78, 5) is 23.0. The Balaban J connectivity index is 1.63. The van der Waals surface area contributed by atoms with E-state index < -0.39 is 0 Å². The molecule has 0 aliphatic heterocycles. The average molecular weight is 302 g/mol. The van der Waals surface area contributed by atoms with Gasteiger partial charge in [-0.05, 0) is 43.2 Å². The number of benzene rings is 1. The molecule has 114 valence electrons. The molecule has 0 radical (unpaired) electrons. The van der Waals surface area contributed by atoms with Crippen LogP contribution in [0.1, 0.15) is 23.3 Å². The Morgan fingerprint density at radius 1 is 1.23 bits per heavy atom. The number of nitrogens with two attached hydrogens (primary N) is 1. The van der Waals surface area contributed by atoms with Crippen molar-refractivity contribution in [3.63, 3.8) is 0 Å². The Labute approximate surface area is 126 Å². The number of amides is 2. The molecule has 6 nitrogen and oxygen atoms in total. The lowest BCUT2D eigenvalue weighted by Crippen LogP contribution is -2.48. The van der Waals surface area contributed by atoms with E-state index in [1.54, 1.807) is 24.4 Å². The van der Waals surface area contributed by atoms with Gasteiger partial charge in [-0.1, -0.05) is 0 Å². The van der Waals surface area contributed by atoms with Gasteiger partial charge in [-0.15, -0.1) is 0 Å². The molecule has 1 fully saturated rings. The Morgan fingerprint density at radius 3 is 2.55 bits per heavy atom. The third-order valence-corrected chi connectivity index (χ3v) is 3.79. The van der Waals surface area contributed by atoms with Crippen molar-refractivity contribution < 1.29 is 14.0 Å². The molecule has 3 N–H and O–H groups in total. The van der Waals surface area contributed by atoms with Crippen LogP contribution in [0.15, 0.2) is 36.5 Å². The zero-order valence-electron chi connectivity index (χ0n) is 11.7. The monoisotopic (exact) mass is 302 g/mol. The maximum absolute atomic E-state index is 12.9. The first-order chi connectivity index (χ1) is 10.5. The third-order valence-electron chi connectivity index (χ3n) is 3.79. The molecule has 0 saturated heterocycles. The number of carbonyl (C=O) groups is 2. The summed E-state index contributed by atoms with van der Waals surface area (Å²) in [5.74, 6) is -1.11. The van der Waals surface area contributed by atoms with Gasteiger partial charge >= 0.3 is 0 Å². The van der Waals surface area contributed by atoms with Crippen LogP contribution in [-0.4, -0.2) is 27.6 Å². The summed E-state index contributed by atoms with van der Waals surface area (Å²) >= 11 is 0. The summed E-state index contributed by atoms with van der Waals surface area (Å²) in [6, 6.07) is 7.36. The van der Waals surface area contributed by atoms with Gasteiger partial charge in [0.2, 0.25) is 5.91 Å². The van der Waals surface area contributed by atoms with Gasteiger partial charge in [0.1, 0.15) is 5.82 Å². The highest BCUT2D eigenvalue weighted by Gasteiger charge is 2.34. The number of aromatic nitrogens is 2. The molecule has 7 heteroatoms. The molecule has 0 atom stereocenters. The van der Waals surface area contributed by atoms with E-state index in [-0.39, 0.29) is 35.3 Å². The van der Waals surface area contributed by atoms with Crippen molar-refractivity contribution in [1.29, 1.82) is 0 Å². The van der Waals surface area contributed by atoms with Gasteiger partial charge in [0.25, 0.3) is 5.91 Å². The van der Waals surface area contributed by atoms with E-state index in [2.05, 4.69) is 10.4 Å². The van der Waals surface area contributed by atoms with Crippen molar-refractivity contribution in [2.24, 2.45) is 11.7 Å². The van der Waals surface area contributed by atoms with Gasteiger partial charge in [-0.3, -0.25) is 9.59 Å². The molecule has 2 amide bonds. The highest BCUT2D eigenvalue weighted by atomic mass is 19.1. The van der Waals surface area contributed by atoms with E-state index in [0.717, 1.165) is 0 Å². The molecule has 0 unspecified atom stereocenters. The molecular weight excluding hydrogens is 287 g/mol. The summed E-state index contributed by atoms with van der Waals surface area (Å²) in [6.07, 6.45) is 2.77. The topological polar surface area (TPSA) is 90.0 Å². The zero-order chi connectivity index (χ0) is 15.7. The Morgan fingerprint density at radius 2 is 1.91 bits per heavy atom. The van der Waals surface area contributed by atoms with Crippen LogP contribution in [0.25, 0.3) is 5.69 Å². The second kappa shape index (κ2) is 5.59. The van der Waals surface area contributed by atoms with E-state index in [9.17, 15) is 14.0 Å². The van der Waals surface area contributed by atoms with Crippen LogP contribution in [0.3, 0.4) is 0 Å². The Hall–Kier alpha value is -2.70. The van der Waals surface area contributed by atoms with Crippen molar-refractivity contribution in [2.45, 2.75) is 18.9 Å². The highest BCUT2D eigenvalue weighted by molar-refractivity contribution is 5.92. The number of hydrogen-bond acceptors (Lipinski definition) is 3. The van der Waals surface area contributed by atoms with Crippen molar-refractivity contribution in [2.75, 3.05) is 0 Å². The first-order valence-electron chi connectivity index (χ1n) is 6.95. The van der Waals surface area contributed by atoms with Crippen molar-refractivity contribution in [3.05, 3.63) is 48.0 Å². The van der Waals surface area contributed by atoms with Gasteiger partial charge in [-0.25, -0.2) is 9.07 Å². The maximum atomic E-state index is 12.9. The Kier molecular flexibility index (Phi) is 3.62. The minimum atomic E-state index is -0.331. The standard InChI is InChI=1S/C15H15FN4O2/c16-10-1-3-12(4-2-10)20-6-5-13(19-20)15(22)18-11-7-9(8-11)14(17)21/h1-6,9,11H,7-8H2,(H2,17,21)(H,18,22). The smallest absolute Gasteiger partial charge is 0.272 e. The molecule has 1 aliphatic rings. The molecular formula is C15H15FN4O2. The summed E-state index contributed by atoms with van der Waals surface area (Å²) in [7, 11) is 0. The summed E-state index contributed by atoms with van der Waals surface area (Å²) < 4.78 is 14.4. The number of hydrogen-bond donors (Lipinski definition) is 2. The van der Waals surface area contributed by atoms with Gasteiger partial charge in [0.05, 0.1) is 5.69 Å². The number of primary amides is 1. The van der Waals surface area contributed by atoms with Crippen molar-refractivity contribution in [3.8, 4) is 5.69 Å². The van der Waals surface area contributed by atoms with Gasteiger partial charge < -0.3 is 11.1 Å². The molecule has 2 aromatic rings. The van der Waals surface area contributed by atoms with Gasteiger partial charge in [-0.2, -0.15) is 5.10 Å². The summed E-state index contributed by atoms with van der Waals surface area (Å²) in [5, 5.41) is 6.98. The van der Waals surface area contributed by atoms with Crippen LogP contribution in [0, 0.1) is 11.7 Å². The highest BCUT2D eigenvalue weighted by Crippen LogP contribution is 2.27. The number of halogens is 1.